The van der Waals surface area contributed by atoms with Crippen LogP contribution in [0, 0.1) is 0 Å². The summed E-state index contributed by atoms with van der Waals surface area (Å²) < 4.78 is 34.6. The number of hydrogen-bond acceptors (Lipinski definition) is 6. The minimum Gasteiger partial charge on any atom is -0.497 e. The van der Waals surface area contributed by atoms with Crippen LogP contribution < -0.4 is 19.7 Å². The maximum atomic E-state index is 12.2. The van der Waals surface area contributed by atoms with Gasteiger partial charge in [-0.25, -0.2) is 8.42 Å². The lowest BCUT2D eigenvalue weighted by Crippen LogP contribution is -2.43. The Kier molecular flexibility index (Phi) is 6.31. The van der Waals surface area contributed by atoms with Gasteiger partial charge < -0.3 is 9.47 Å². The van der Waals surface area contributed by atoms with Crippen LogP contribution in [0.25, 0.3) is 0 Å². The van der Waals surface area contributed by atoms with E-state index in [2.05, 4.69) is 5.43 Å². The van der Waals surface area contributed by atoms with E-state index in [1.807, 2.05) is 4.83 Å². The zero-order valence-corrected chi connectivity index (χ0v) is 15.0. The number of nitrogens with one attached hydrogen (secondary N) is 2. The Morgan fingerprint density at radius 2 is 1.69 bits per heavy atom. The van der Waals surface area contributed by atoms with Crippen molar-refractivity contribution in [1.82, 2.24) is 10.3 Å². The predicted molar refractivity (Wildman–Crippen MR) is 93.4 cm³/mol. The number of Topliss-reactive ketones (excluding diaryl/α,β-unsaturated/α-hetero) is 1. The van der Waals surface area contributed by atoms with Gasteiger partial charge in [-0.3, -0.25) is 15.0 Å². The molecule has 2 N–H and O–H groups in total. The zero-order chi connectivity index (χ0) is 19.2. The van der Waals surface area contributed by atoms with Gasteiger partial charge >= 0.3 is 0 Å². The number of hydrazine groups is 1. The van der Waals surface area contributed by atoms with E-state index in [4.69, 9.17) is 9.47 Å². The third-order valence-corrected chi connectivity index (χ3v) is 4.55. The fourth-order valence-electron chi connectivity index (χ4n) is 1.92. The number of sulfonamides is 1. The van der Waals surface area contributed by atoms with Gasteiger partial charge in [0.2, 0.25) is 0 Å². The van der Waals surface area contributed by atoms with Gasteiger partial charge in [-0.05, 0) is 43.3 Å². The normalized spacial score (nSPS) is 10.8. The number of ether oxygens (including phenoxy) is 2. The molecule has 0 heterocycles. The molecule has 8 nitrogen and oxygen atoms in total. The van der Waals surface area contributed by atoms with E-state index in [0.29, 0.717) is 11.5 Å². The summed E-state index contributed by atoms with van der Waals surface area (Å²) >= 11 is 0. The first-order valence-corrected chi connectivity index (χ1v) is 8.98. The Bertz CT molecular complexity index is 894. The Morgan fingerprint density at radius 1 is 1.04 bits per heavy atom. The largest absolute Gasteiger partial charge is 0.497 e. The smallest absolute Gasteiger partial charge is 0.272 e. The van der Waals surface area contributed by atoms with E-state index >= 15 is 0 Å². The van der Waals surface area contributed by atoms with Crippen molar-refractivity contribution in [2.24, 2.45) is 0 Å². The third kappa shape index (κ3) is 5.30. The van der Waals surface area contributed by atoms with Crippen molar-refractivity contribution >= 4 is 21.7 Å². The molecule has 0 bridgehead atoms. The lowest BCUT2D eigenvalue weighted by molar-refractivity contribution is -0.123. The van der Waals surface area contributed by atoms with Crippen molar-refractivity contribution in [1.29, 1.82) is 0 Å². The molecule has 0 aliphatic rings. The quantitative estimate of drug-likeness (QED) is 0.529. The summed E-state index contributed by atoms with van der Waals surface area (Å²) in [7, 11) is -2.48. The van der Waals surface area contributed by atoms with Crippen molar-refractivity contribution < 1.29 is 27.5 Å². The zero-order valence-electron chi connectivity index (χ0n) is 14.2. The molecule has 26 heavy (non-hydrogen) atoms. The van der Waals surface area contributed by atoms with E-state index in [1.54, 1.807) is 24.3 Å². The molecule has 0 saturated carbocycles. The molecule has 2 aromatic rings. The highest BCUT2D eigenvalue weighted by Gasteiger charge is 2.16. The molecular formula is C17H18N2O6S. The van der Waals surface area contributed by atoms with E-state index in [0.717, 1.165) is 0 Å². The highest BCUT2D eigenvalue weighted by molar-refractivity contribution is 7.89. The summed E-state index contributed by atoms with van der Waals surface area (Å²) in [5.41, 5.74) is 2.30. The summed E-state index contributed by atoms with van der Waals surface area (Å²) in [6.45, 7) is 0.944. The number of ketones is 1. The first-order valence-electron chi connectivity index (χ1n) is 7.50. The molecule has 0 aromatic heterocycles. The number of amides is 1. The van der Waals surface area contributed by atoms with Crippen LogP contribution in [0.4, 0.5) is 0 Å². The SMILES string of the molecule is COc1ccc(OCC(=O)NNS(=O)(=O)c2cccc(C(C)=O)c2)cc1. The van der Waals surface area contributed by atoms with Crippen LogP contribution in [0.15, 0.2) is 53.4 Å². The van der Waals surface area contributed by atoms with Crippen LogP contribution in [-0.2, 0) is 14.8 Å². The van der Waals surface area contributed by atoms with Crippen LogP contribution in [0.2, 0.25) is 0 Å². The first-order chi connectivity index (χ1) is 12.3. The summed E-state index contributed by atoms with van der Waals surface area (Å²) in [6.07, 6.45) is 0. The van der Waals surface area contributed by atoms with E-state index in [1.165, 1.54) is 38.3 Å². The number of methoxy groups -OCH3 is 1. The molecule has 0 aliphatic heterocycles. The van der Waals surface area contributed by atoms with Gasteiger partial charge in [-0.2, -0.15) is 0 Å². The molecule has 0 atom stereocenters. The number of rotatable bonds is 8. The number of hydrogen-bond donors (Lipinski definition) is 2. The summed E-state index contributed by atoms with van der Waals surface area (Å²) in [5, 5.41) is 0. The second-order valence-corrected chi connectivity index (χ2v) is 6.88. The molecule has 0 unspecified atom stereocenters. The Labute approximate surface area is 151 Å². The van der Waals surface area contributed by atoms with Gasteiger partial charge in [0.05, 0.1) is 12.0 Å². The van der Waals surface area contributed by atoms with Gasteiger partial charge in [0, 0.05) is 5.56 Å². The lowest BCUT2D eigenvalue weighted by atomic mass is 10.2. The summed E-state index contributed by atoms with van der Waals surface area (Å²) in [4.78, 5) is 24.9. The molecule has 0 fully saturated rings. The molecule has 138 valence electrons. The number of carbonyl (C=O) groups excluding carboxylic acids is 2. The second-order valence-electron chi connectivity index (χ2n) is 5.20. The van der Waals surface area contributed by atoms with Gasteiger partial charge in [0.1, 0.15) is 11.5 Å². The van der Waals surface area contributed by atoms with Gasteiger partial charge in [0.25, 0.3) is 15.9 Å². The molecule has 9 heteroatoms. The monoisotopic (exact) mass is 378 g/mol. The lowest BCUT2D eigenvalue weighted by Gasteiger charge is -2.10. The average Bonchev–Trinajstić information content (AvgIpc) is 2.65. The summed E-state index contributed by atoms with van der Waals surface area (Å²) in [6, 6.07) is 12.0. The maximum Gasteiger partial charge on any atom is 0.272 e. The van der Waals surface area contributed by atoms with Crippen molar-refractivity contribution in [2.45, 2.75) is 11.8 Å². The highest BCUT2D eigenvalue weighted by Crippen LogP contribution is 2.16. The molecule has 0 saturated heterocycles. The van der Waals surface area contributed by atoms with Gasteiger partial charge in [-0.1, -0.05) is 12.1 Å². The second kappa shape index (κ2) is 8.45. The van der Waals surface area contributed by atoms with Crippen molar-refractivity contribution in [3.8, 4) is 11.5 Å². The molecule has 2 rings (SSSR count). The van der Waals surface area contributed by atoms with Crippen molar-refractivity contribution in [3.63, 3.8) is 0 Å². The van der Waals surface area contributed by atoms with Gasteiger partial charge in [0.15, 0.2) is 12.4 Å². The van der Waals surface area contributed by atoms with E-state index in [9.17, 15) is 18.0 Å². The van der Waals surface area contributed by atoms with E-state index in [-0.39, 0.29) is 22.8 Å². The third-order valence-electron chi connectivity index (χ3n) is 3.31. The Balaban J connectivity index is 1.91. The topological polar surface area (TPSA) is 111 Å². The van der Waals surface area contributed by atoms with Crippen LogP contribution in [0.3, 0.4) is 0 Å². The minimum absolute atomic E-state index is 0.137. The average molecular weight is 378 g/mol. The van der Waals surface area contributed by atoms with Gasteiger partial charge in [-0.15, -0.1) is 4.83 Å². The van der Waals surface area contributed by atoms with Crippen LogP contribution in [-0.4, -0.2) is 33.8 Å². The maximum absolute atomic E-state index is 12.2. The molecular weight excluding hydrogens is 360 g/mol. The van der Waals surface area contributed by atoms with Crippen molar-refractivity contribution in [2.75, 3.05) is 13.7 Å². The Morgan fingerprint density at radius 3 is 2.31 bits per heavy atom. The molecule has 2 aromatic carbocycles. The van der Waals surface area contributed by atoms with Crippen LogP contribution >= 0.6 is 0 Å². The van der Waals surface area contributed by atoms with Crippen LogP contribution in [0.5, 0.6) is 11.5 Å². The molecule has 0 radical (unpaired) electrons. The first kappa shape index (κ1) is 19.4. The van der Waals surface area contributed by atoms with Crippen molar-refractivity contribution in [3.05, 3.63) is 54.1 Å². The molecule has 1 amide bonds. The molecule has 0 aliphatic carbocycles. The van der Waals surface area contributed by atoms with E-state index < -0.39 is 15.9 Å². The fraction of sp³-hybridized carbons (Fsp3) is 0.176. The minimum atomic E-state index is -4.01. The Hall–Kier alpha value is -2.91. The number of carbonyl (C=O) groups is 2. The number of benzene rings is 2. The molecule has 0 spiro atoms. The predicted octanol–water partition coefficient (Wildman–Crippen LogP) is 1.29. The fourth-order valence-corrected chi connectivity index (χ4v) is 2.83. The standard InChI is InChI=1S/C17H18N2O6S/c1-12(20)13-4-3-5-16(10-13)26(22,23)19-18-17(21)11-25-15-8-6-14(24-2)7-9-15/h3-10,19H,11H2,1-2H3,(H,18,21). The highest BCUT2D eigenvalue weighted by atomic mass is 32.2. The summed E-state index contributed by atoms with van der Waals surface area (Å²) in [5.74, 6) is 0.117. The van der Waals surface area contributed by atoms with Crippen LogP contribution in [0.1, 0.15) is 17.3 Å².